The summed E-state index contributed by atoms with van der Waals surface area (Å²) < 4.78 is 10.8. The maximum Gasteiger partial charge on any atom is 0.349 e. The fourth-order valence-corrected chi connectivity index (χ4v) is 3.94. The molecule has 0 spiro atoms. The molecule has 29 heavy (non-hydrogen) atoms. The smallest absolute Gasteiger partial charge is 0.349 e. The van der Waals surface area contributed by atoms with Crippen LogP contribution in [0.5, 0.6) is 0 Å². The Morgan fingerprint density at radius 2 is 2.00 bits per heavy atom. The Balaban J connectivity index is 1.42. The second-order valence-electron chi connectivity index (χ2n) is 7.68. The summed E-state index contributed by atoms with van der Waals surface area (Å²) in [6, 6.07) is 9.93. The summed E-state index contributed by atoms with van der Waals surface area (Å²) in [6.45, 7) is 3.80. The van der Waals surface area contributed by atoms with Gasteiger partial charge in [-0.3, -0.25) is 4.79 Å². The number of benzene rings is 1. The molecule has 0 aliphatic carbocycles. The minimum atomic E-state index is -0.566. The van der Waals surface area contributed by atoms with Crippen LogP contribution in [0.1, 0.15) is 40.1 Å². The molecule has 0 unspecified atom stereocenters. The Hall–Kier alpha value is -2.86. The maximum absolute atomic E-state index is 12.5. The summed E-state index contributed by atoms with van der Waals surface area (Å²) in [5.41, 5.74) is 2.46. The average molecular weight is 394 g/mol. The molecule has 0 radical (unpaired) electrons. The van der Waals surface area contributed by atoms with E-state index < -0.39 is 5.63 Å². The molecule has 1 aromatic carbocycles. The number of aromatic nitrogens is 1. The molecule has 2 N–H and O–H groups in total. The first-order valence-corrected chi connectivity index (χ1v) is 10.2. The number of fused-ring (bicyclic) bond motifs is 1. The van der Waals surface area contributed by atoms with Gasteiger partial charge in [0.25, 0.3) is 5.91 Å². The van der Waals surface area contributed by atoms with E-state index in [1.807, 2.05) is 24.4 Å². The molecule has 2 aromatic heterocycles. The van der Waals surface area contributed by atoms with Crippen molar-refractivity contribution in [2.24, 2.45) is 5.92 Å². The third kappa shape index (κ3) is 4.43. The number of carbonyl (C=O) groups is 1. The van der Waals surface area contributed by atoms with Crippen molar-refractivity contribution in [2.45, 2.75) is 32.6 Å². The van der Waals surface area contributed by atoms with Crippen LogP contribution in [0.15, 0.2) is 45.7 Å². The molecular weight excluding hydrogens is 368 g/mol. The maximum atomic E-state index is 12.5. The van der Waals surface area contributed by atoms with Crippen molar-refractivity contribution in [1.29, 1.82) is 0 Å². The van der Waals surface area contributed by atoms with Crippen LogP contribution in [0.2, 0.25) is 0 Å². The standard InChI is InChI=1S/C23H26N2O4/c1-15-12-18(7-6-17-14-24-20-5-3-2-4-19(17)20)29-23(27)21(15)22(26)25-13-16-8-10-28-11-9-16/h2-5,12,14,16,24H,6-11,13H2,1H3,(H,25,26). The summed E-state index contributed by atoms with van der Waals surface area (Å²) in [4.78, 5) is 28.3. The van der Waals surface area contributed by atoms with E-state index in [2.05, 4.69) is 16.4 Å². The number of para-hydroxylation sites is 1. The van der Waals surface area contributed by atoms with E-state index in [-0.39, 0.29) is 11.5 Å². The van der Waals surface area contributed by atoms with Gasteiger partial charge in [-0.15, -0.1) is 0 Å². The van der Waals surface area contributed by atoms with Gasteiger partial charge in [0, 0.05) is 43.3 Å². The van der Waals surface area contributed by atoms with Crippen LogP contribution in [0.3, 0.4) is 0 Å². The molecular formula is C23H26N2O4. The number of amides is 1. The van der Waals surface area contributed by atoms with Crippen LogP contribution < -0.4 is 10.9 Å². The molecule has 1 aliphatic rings. The fourth-order valence-electron chi connectivity index (χ4n) is 3.94. The van der Waals surface area contributed by atoms with E-state index in [1.54, 1.807) is 13.0 Å². The summed E-state index contributed by atoms with van der Waals surface area (Å²) in [5.74, 6) is 0.639. The van der Waals surface area contributed by atoms with Gasteiger partial charge in [-0.05, 0) is 55.4 Å². The number of hydrogen-bond donors (Lipinski definition) is 2. The number of hydrogen-bond acceptors (Lipinski definition) is 4. The fraction of sp³-hybridized carbons (Fsp3) is 0.391. The number of carbonyl (C=O) groups excluding carboxylic acids is 1. The predicted molar refractivity (Wildman–Crippen MR) is 111 cm³/mol. The van der Waals surface area contributed by atoms with Crippen molar-refractivity contribution in [2.75, 3.05) is 19.8 Å². The van der Waals surface area contributed by atoms with Gasteiger partial charge in [-0.25, -0.2) is 4.79 Å². The molecule has 152 valence electrons. The van der Waals surface area contributed by atoms with Gasteiger partial charge < -0.3 is 19.5 Å². The molecule has 3 heterocycles. The molecule has 1 aliphatic heterocycles. The Morgan fingerprint density at radius 1 is 1.21 bits per heavy atom. The van der Waals surface area contributed by atoms with Crippen LogP contribution in [0.25, 0.3) is 10.9 Å². The van der Waals surface area contributed by atoms with Crippen molar-refractivity contribution < 1.29 is 13.9 Å². The van der Waals surface area contributed by atoms with Gasteiger partial charge in [0.2, 0.25) is 0 Å². The molecule has 1 fully saturated rings. The monoisotopic (exact) mass is 394 g/mol. The highest BCUT2D eigenvalue weighted by molar-refractivity contribution is 5.95. The first-order valence-electron chi connectivity index (χ1n) is 10.2. The minimum absolute atomic E-state index is 0.105. The highest BCUT2D eigenvalue weighted by Crippen LogP contribution is 2.20. The molecule has 4 rings (SSSR count). The lowest BCUT2D eigenvalue weighted by atomic mass is 10.00. The summed E-state index contributed by atoms with van der Waals surface area (Å²) in [5, 5.41) is 4.06. The summed E-state index contributed by atoms with van der Waals surface area (Å²) in [7, 11) is 0. The lowest BCUT2D eigenvalue weighted by Crippen LogP contribution is -2.35. The third-order valence-electron chi connectivity index (χ3n) is 5.63. The molecule has 6 nitrogen and oxygen atoms in total. The van der Waals surface area contributed by atoms with Crippen LogP contribution in [0, 0.1) is 12.8 Å². The highest BCUT2D eigenvalue weighted by Gasteiger charge is 2.19. The van der Waals surface area contributed by atoms with Crippen LogP contribution >= 0.6 is 0 Å². The SMILES string of the molecule is Cc1cc(CCc2c[nH]c3ccccc23)oc(=O)c1C(=O)NCC1CCOCC1. The Morgan fingerprint density at radius 3 is 2.79 bits per heavy atom. The number of aromatic amines is 1. The topological polar surface area (TPSA) is 84.3 Å². The van der Waals surface area contributed by atoms with E-state index >= 15 is 0 Å². The minimum Gasteiger partial charge on any atom is -0.427 e. The summed E-state index contributed by atoms with van der Waals surface area (Å²) >= 11 is 0. The van der Waals surface area contributed by atoms with E-state index in [0.29, 0.717) is 30.2 Å². The normalized spacial score (nSPS) is 14.9. The molecule has 3 aromatic rings. The lowest BCUT2D eigenvalue weighted by Gasteiger charge is -2.22. The molecule has 1 saturated heterocycles. The number of rotatable bonds is 6. The van der Waals surface area contributed by atoms with Crippen molar-refractivity contribution >= 4 is 16.8 Å². The van der Waals surface area contributed by atoms with Gasteiger partial charge in [0.05, 0.1) is 0 Å². The van der Waals surface area contributed by atoms with Gasteiger partial charge >= 0.3 is 5.63 Å². The Labute approximate surface area is 169 Å². The van der Waals surface area contributed by atoms with E-state index in [0.717, 1.165) is 38.0 Å². The zero-order valence-corrected chi connectivity index (χ0v) is 16.6. The molecule has 0 atom stereocenters. The van der Waals surface area contributed by atoms with Gasteiger partial charge in [-0.2, -0.15) is 0 Å². The van der Waals surface area contributed by atoms with Gasteiger partial charge in [0.1, 0.15) is 11.3 Å². The predicted octanol–water partition coefficient (Wildman–Crippen LogP) is 3.37. The lowest BCUT2D eigenvalue weighted by molar-refractivity contribution is 0.0642. The molecule has 1 amide bonds. The van der Waals surface area contributed by atoms with E-state index in [4.69, 9.17) is 9.15 Å². The Bertz CT molecular complexity index is 1060. The third-order valence-corrected chi connectivity index (χ3v) is 5.63. The molecule has 0 saturated carbocycles. The second-order valence-corrected chi connectivity index (χ2v) is 7.68. The van der Waals surface area contributed by atoms with Gasteiger partial charge in [-0.1, -0.05) is 18.2 Å². The zero-order chi connectivity index (χ0) is 20.2. The van der Waals surface area contributed by atoms with Crippen LogP contribution in [-0.2, 0) is 17.6 Å². The number of H-pyrrole nitrogens is 1. The number of nitrogens with one attached hydrogen (secondary N) is 2. The quantitative estimate of drug-likeness (QED) is 0.671. The Kier molecular flexibility index (Phi) is 5.81. The van der Waals surface area contributed by atoms with E-state index in [9.17, 15) is 9.59 Å². The van der Waals surface area contributed by atoms with Crippen LogP contribution in [-0.4, -0.2) is 30.6 Å². The number of aryl methyl sites for hydroxylation is 3. The second kappa shape index (κ2) is 8.66. The average Bonchev–Trinajstić information content (AvgIpc) is 3.14. The van der Waals surface area contributed by atoms with Gasteiger partial charge in [0.15, 0.2) is 0 Å². The largest absolute Gasteiger partial charge is 0.427 e. The van der Waals surface area contributed by atoms with Crippen molar-refractivity contribution in [1.82, 2.24) is 10.3 Å². The summed E-state index contributed by atoms with van der Waals surface area (Å²) in [6.07, 6.45) is 5.21. The molecule has 6 heteroatoms. The zero-order valence-electron chi connectivity index (χ0n) is 16.6. The first-order chi connectivity index (χ1) is 14.1. The van der Waals surface area contributed by atoms with Crippen molar-refractivity contribution in [3.05, 3.63) is 69.4 Å². The molecule has 0 bridgehead atoms. The van der Waals surface area contributed by atoms with Crippen molar-refractivity contribution in [3.8, 4) is 0 Å². The first kappa shape index (κ1) is 19.5. The van der Waals surface area contributed by atoms with Crippen molar-refractivity contribution in [3.63, 3.8) is 0 Å². The van der Waals surface area contributed by atoms with E-state index in [1.165, 1.54) is 10.9 Å². The van der Waals surface area contributed by atoms with Crippen LogP contribution in [0.4, 0.5) is 0 Å². The number of ether oxygens (including phenoxy) is 1. The highest BCUT2D eigenvalue weighted by atomic mass is 16.5.